The van der Waals surface area contributed by atoms with Crippen molar-refractivity contribution in [3.63, 3.8) is 0 Å². The van der Waals surface area contributed by atoms with Crippen molar-refractivity contribution in [1.82, 2.24) is 24.4 Å². The zero-order valence-electron chi connectivity index (χ0n) is 27.4. The predicted octanol–water partition coefficient (Wildman–Crippen LogP) is 5.85. The monoisotopic (exact) mass is 659 g/mol. The van der Waals surface area contributed by atoms with Crippen molar-refractivity contribution in [3.8, 4) is 5.69 Å². The summed E-state index contributed by atoms with van der Waals surface area (Å²) in [5.41, 5.74) is 2.34. The van der Waals surface area contributed by atoms with E-state index in [9.17, 15) is 22.8 Å². The molecule has 0 saturated carbocycles. The number of carbonyl (C=O) groups excluding carboxylic acids is 1. The van der Waals surface area contributed by atoms with Gasteiger partial charge in [0.05, 0.1) is 16.6 Å². The summed E-state index contributed by atoms with van der Waals surface area (Å²) in [6, 6.07) is 15.7. The van der Waals surface area contributed by atoms with Crippen molar-refractivity contribution in [2.75, 3.05) is 62.1 Å². The minimum Gasteiger partial charge on any atom is -0.384 e. The molecule has 0 saturated heterocycles. The molecule has 0 aliphatic heterocycles. The Kier molecular flexibility index (Phi) is 9.66. The van der Waals surface area contributed by atoms with Crippen LogP contribution in [-0.2, 0) is 6.18 Å². The van der Waals surface area contributed by atoms with Gasteiger partial charge in [-0.05, 0) is 82.0 Å². The first-order chi connectivity index (χ1) is 22.7. The zero-order valence-corrected chi connectivity index (χ0v) is 27.4. The van der Waals surface area contributed by atoms with E-state index in [1.807, 2.05) is 62.3 Å². The molecule has 0 bridgehead atoms. The number of benzene rings is 3. The topological polar surface area (TPSA) is 120 Å². The lowest BCUT2D eigenvalue weighted by atomic mass is 10.1. The Bertz CT molecular complexity index is 2040. The Hall–Kier alpha value is -5.50. The maximum Gasteiger partial charge on any atom is 0.416 e. The number of hydrogen-bond donors (Lipinski definition) is 3. The molecule has 11 nitrogen and oxygen atoms in total. The third-order valence-corrected chi connectivity index (χ3v) is 7.62. The SMILES string of the molecule is Cc1ccc(NC(=O)c2cc(NCCN(C)C)cc(C(F)(F)F)c2)cc1-n1c(C)c2cnc(Nc3cccc(N(C)C)c3)nc2nc1=O. The maximum atomic E-state index is 13.7. The minimum atomic E-state index is -4.65. The highest BCUT2D eigenvalue weighted by Gasteiger charge is 2.32. The summed E-state index contributed by atoms with van der Waals surface area (Å²) in [4.78, 5) is 43.7. The Labute approximate surface area is 275 Å². The van der Waals surface area contributed by atoms with Crippen LogP contribution in [0.2, 0.25) is 0 Å². The van der Waals surface area contributed by atoms with E-state index < -0.39 is 23.3 Å². The first-order valence-electron chi connectivity index (χ1n) is 15.0. The molecular weight excluding hydrogens is 623 g/mol. The first kappa shape index (κ1) is 33.9. The molecule has 0 aliphatic rings. The lowest BCUT2D eigenvalue weighted by molar-refractivity contribution is -0.137. The van der Waals surface area contributed by atoms with Crippen LogP contribution in [0.3, 0.4) is 0 Å². The van der Waals surface area contributed by atoms with Crippen molar-refractivity contribution >= 4 is 45.6 Å². The van der Waals surface area contributed by atoms with Crippen LogP contribution in [0.1, 0.15) is 27.2 Å². The van der Waals surface area contributed by atoms with Crippen molar-refractivity contribution in [3.05, 3.63) is 99.7 Å². The molecule has 3 N–H and O–H groups in total. The summed E-state index contributed by atoms with van der Waals surface area (Å²) in [5, 5.41) is 9.32. The number of fused-ring (bicyclic) bond motifs is 1. The lowest BCUT2D eigenvalue weighted by Crippen LogP contribution is -2.25. The van der Waals surface area contributed by atoms with E-state index in [2.05, 4.69) is 30.9 Å². The molecule has 5 rings (SSSR count). The van der Waals surface area contributed by atoms with Gasteiger partial charge in [0.2, 0.25) is 5.95 Å². The van der Waals surface area contributed by atoms with Gasteiger partial charge in [-0.25, -0.2) is 9.78 Å². The smallest absolute Gasteiger partial charge is 0.384 e. The summed E-state index contributed by atoms with van der Waals surface area (Å²) in [5.74, 6) is -0.467. The molecule has 0 unspecified atom stereocenters. The van der Waals surface area contributed by atoms with E-state index in [1.54, 1.807) is 38.2 Å². The molecule has 1 amide bonds. The summed E-state index contributed by atoms with van der Waals surface area (Å²) < 4.78 is 42.5. The van der Waals surface area contributed by atoms with Gasteiger partial charge in [0.1, 0.15) is 0 Å². The summed E-state index contributed by atoms with van der Waals surface area (Å²) in [7, 11) is 7.57. The maximum absolute atomic E-state index is 13.7. The summed E-state index contributed by atoms with van der Waals surface area (Å²) in [6.45, 7) is 4.50. The van der Waals surface area contributed by atoms with Crippen LogP contribution >= 0.6 is 0 Å². The fraction of sp³-hybridized carbons (Fsp3) is 0.265. The van der Waals surface area contributed by atoms with Crippen molar-refractivity contribution in [2.45, 2.75) is 20.0 Å². The second kappa shape index (κ2) is 13.7. The number of anilines is 5. The molecular formula is C34H36F3N9O2. The molecule has 3 aromatic carbocycles. The van der Waals surface area contributed by atoms with Crippen LogP contribution in [0.25, 0.3) is 16.7 Å². The van der Waals surface area contributed by atoms with Crippen molar-refractivity contribution < 1.29 is 18.0 Å². The zero-order chi connectivity index (χ0) is 34.7. The van der Waals surface area contributed by atoms with Crippen LogP contribution in [0.4, 0.5) is 41.9 Å². The highest BCUT2D eigenvalue weighted by Crippen LogP contribution is 2.32. The Morgan fingerprint density at radius 1 is 0.917 bits per heavy atom. The van der Waals surface area contributed by atoms with E-state index in [0.29, 0.717) is 35.4 Å². The Morgan fingerprint density at radius 2 is 1.69 bits per heavy atom. The van der Waals surface area contributed by atoms with E-state index >= 15 is 0 Å². The highest BCUT2D eigenvalue weighted by atomic mass is 19.4. The number of alkyl halides is 3. The summed E-state index contributed by atoms with van der Waals surface area (Å²) >= 11 is 0. The standard InChI is InChI=1S/C34H36F3N9O2/c1-20-10-11-25(40-31(47)22-14-23(34(35,36)37)16-26(15-22)38-12-13-44(3)4)18-29(20)46-21(2)28-19-39-32(42-30(28)43-33(46)48)41-24-8-7-9-27(17-24)45(5)6/h7-11,14-19,38H,12-13H2,1-6H3,(H,40,47)(H,41,42,43,48). The highest BCUT2D eigenvalue weighted by molar-refractivity contribution is 6.05. The molecule has 2 aromatic heterocycles. The molecule has 0 aliphatic carbocycles. The van der Waals surface area contributed by atoms with Gasteiger partial charge in [-0.3, -0.25) is 9.36 Å². The van der Waals surface area contributed by atoms with Gasteiger partial charge in [0.25, 0.3) is 5.91 Å². The normalized spacial score (nSPS) is 11.5. The predicted molar refractivity (Wildman–Crippen MR) is 183 cm³/mol. The van der Waals surface area contributed by atoms with Crippen LogP contribution < -0.4 is 26.5 Å². The van der Waals surface area contributed by atoms with Gasteiger partial charge in [0, 0.05) is 67.4 Å². The molecule has 14 heteroatoms. The molecule has 250 valence electrons. The number of carbonyl (C=O) groups is 1. The van der Waals surface area contributed by atoms with E-state index in [0.717, 1.165) is 23.5 Å². The van der Waals surface area contributed by atoms with Crippen LogP contribution in [0.5, 0.6) is 0 Å². The number of aryl methyl sites for hydroxylation is 2. The first-order valence-corrected chi connectivity index (χ1v) is 15.0. The quantitative estimate of drug-likeness (QED) is 0.170. The average molecular weight is 660 g/mol. The fourth-order valence-electron chi connectivity index (χ4n) is 5.03. The number of aromatic nitrogens is 4. The second-order valence-electron chi connectivity index (χ2n) is 11.8. The molecule has 48 heavy (non-hydrogen) atoms. The van der Waals surface area contributed by atoms with Crippen molar-refractivity contribution in [2.24, 2.45) is 0 Å². The van der Waals surface area contributed by atoms with Crippen LogP contribution in [-0.4, -0.2) is 71.6 Å². The number of nitrogens with zero attached hydrogens (tertiary/aromatic N) is 6. The lowest BCUT2D eigenvalue weighted by Gasteiger charge is -2.17. The second-order valence-corrected chi connectivity index (χ2v) is 11.8. The van der Waals surface area contributed by atoms with Crippen LogP contribution in [0.15, 0.2) is 71.7 Å². The van der Waals surface area contributed by atoms with E-state index in [4.69, 9.17) is 0 Å². The molecule has 5 aromatic rings. The van der Waals surface area contributed by atoms with Gasteiger partial charge in [-0.15, -0.1) is 0 Å². The third-order valence-electron chi connectivity index (χ3n) is 7.62. The van der Waals surface area contributed by atoms with Gasteiger partial charge in [-0.1, -0.05) is 12.1 Å². The number of rotatable bonds is 10. The summed E-state index contributed by atoms with van der Waals surface area (Å²) in [6.07, 6.45) is -3.07. The number of nitrogens with one attached hydrogen (secondary N) is 3. The number of hydrogen-bond acceptors (Lipinski definition) is 9. The molecule has 2 heterocycles. The fourth-order valence-corrected chi connectivity index (χ4v) is 5.03. The van der Waals surface area contributed by atoms with E-state index in [1.165, 1.54) is 10.6 Å². The average Bonchev–Trinajstić information content (AvgIpc) is 3.01. The van der Waals surface area contributed by atoms with Gasteiger partial charge >= 0.3 is 11.9 Å². The Balaban J connectivity index is 1.44. The Morgan fingerprint density at radius 3 is 2.40 bits per heavy atom. The number of amides is 1. The molecule has 0 atom stereocenters. The minimum absolute atomic E-state index is 0.171. The number of likely N-dealkylation sites (N-methyl/N-ethyl adjacent to an activating group) is 1. The molecule has 0 radical (unpaired) electrons. The van der Waals surface area contributed by atoms with Gasteiger partial charge < -0.3 is 25.8 Å². The largest absolute Gasteiger partial charge is 0.416 e. The van der Waals surface area contributed by atoms with E-state index in [-0.39, 0.29) is 28.5 Å². The van der Waals surface area contributed by atoms with Crippen LogP contribution in [0, 0.1) is 13.8 Å². The van der Waals surface area contributed by atoms with Crippen molar-refractivity contribution in [1.29, 1.82) is 0 Å². The third kappa shape index (κ3) is 7.72. The van der Waals surface area contributed by atoms with Gasteiger partial charge in [-0.2, -0.15) is 23.1 Å². The van der Waals surface area contributed by atoms with Gasteiger partial charge in [0.15, 0.2) is 5.65 Å². The molecule has 0 spiro atoms. The number of halogens is 3. The molecule has 0 fully saturated rings.